The Kier molecular flexibility index (Phi) is 6.71. The van der Waals surface area contributed by atoms with Crippen LogP contribution in [-0.4, -0.2) is 36.0 Å². The first-order valence-electron chi connectivity index (χ1n) is 8.04. The second-order valence-electron chi connectivity index (χ2n) is 5.62. The number of pyridine rings is 1. The molecule has 2 N–H and O–H groups in total. The van der Waals surface area contributed by atoms with E-state index in [2.05, 4.69) is 10.1 Å². The number of halogens is 1. The number of sulfonamides is 1. The molecule has 0 radical (unpaired) electrons. The lowest BCUT2D eigenvalue weighted by Crippen LogP contribution is -2.35. The first kappa shape index (κ1) is 20.3. The number of benzene rings is 1. The van der Waals surface area contributed by atoms with Crippen LogP contribution in [0.2, 0.25) is 0 Å². The molecule has 0 amide bonds. The number of fused-ring (bicyclic) bond motifs is 1. The van der Waals surface area contributed by atoms with Crippen molar-refractivity contribution in [2.24, 2.45) is 5.73 Å². The summed E-state index contributed by atoms with van der Waals surface area (Å²) in [6.07, 6.45) is 1.94. The summed E-state index contributed by atoms with van der Waals surface area (Å²) in [5.74, 6) is 0. The molecule has 0 atom stereocenters. The summed E-state index contributed by atoms with van der Waals surface area (Å²) in [5.41, 5.74) is 7.55. The zero-order valence-corrected chi connectivity index (χ0v) is 16.0. The molecule has 9 heteroatoms. The SMILES string of the molecule is CCc1noc2ncc(S(=O)(=O)N(CCN)Cc3ccccc3)cc12.Cl. The van der Waals surface area contributed by atoms with Gasteiger partial charge in [-0.05, 0) is 18.1 Å². The Morgan fingerprint density at radius 3 is 2.62 bits per heavy atom. The third kappa shape index (κ3) is 4.04. The topological polar surface area (TPSA) is 102 Å². The summed E-state index contributed by atoms with van der Waals surface area (Å²) < 4.78 is 32.6. The van der Waals surface area contributed by atoms with E-state index < -0.39 is 10.0 Å². The molecule has 0 aliphatic carbocycles. The van der Waals surface area contributed by atoms with Crippen LogP contribution >= 0.6 is 12.4 Å². The quantitative estimate of drug-likeness (QED) is 0.657. The van der Waals surface area contributed by atoms with Gasteiger partial charge in [0.05, 0.1) is 17.3 Å². The predicted molar refractivity (Wildman–Crippen MR) is 102 cm³/mol. The molecular weight excluding hydrogens is 376 g/mol. The number of hydrogen-bond donors (Lipinski definition) is 1. The summed E-state index contributed by atoms with van der Waals surface area (Å²) >= 11 is 0. The van der Waals surface area contributed by atoms with Crippen LogP contribution in [0.4, 0.5) is 0 Å². The van der Waals surface area contributed by atoms with E-state index in [9.17, 15) is 8.42 Å². The van der Waals surface area contributed by atoms with Gasteiger partial charge in [-0.1, -0.05) is 42.4 Å². The minimum atomic E-state index is -3.73. The summed E-state index contributed by atoms with van der Waals surface area (Å²) in [5, 5.41) is 4.54. The van der Waals surface area contributed by atoms with Gasteiger partial charge in [-0.15, -0.1) is 12.4 Å². The second-order valence-corrected chi connectivity index (χ2v) is 7.56. The van der Waals surface area contributed by atoms with Crippen molar-refractivity contribution in [1.29, 1.82) is 0 Å². The van der Waals surface area contributed by atoms with Crippen molar-refractivity contribution in [3.8, 4) is 0 Å². The van der Waals surface area contributed by atoms with Crippen molar-refractivity contribution in [2.45, 2.75) is 24.8 Å². The molecule has 3 aromatic rings. The second kappa shape index (κ2) is 8.59. The molecule has 0 saturated heterocycles. The van der Waals surface area contributed by atoms with Crippen molar-refractivity contribution >= 4 is 33.5 Å². The highest BCUT2D eigenvalue weighted by molar-refractivity contribution is 7.89. The van der Waals surface area contributed by atoms with E-state index in [0.717, 1.165) is 5.56 Å². The van der Waals surface area contributed by atoms with Gasteiger partial charge in [0.2, 0.25) is 10.0 Å². The Labute approximate surface area is 158 Å². The molecule has 0 fully saturated rings. The van der Waals surface area contributed by atoms with Crippen molar-refractivity contribution in [3.63, 3.8) is 0 Å². The molecule has 3 rings (SSSR count). The van der Waals surface area contributed by atoms with E-state index in [1.54, 1.807) is 6.07 Å². The van der Waals surface area contributed by atoms with Crippen molar-refractivity contribution in [1.82, 2.24) is 14.4 Å². The maximum atomic E-state index is 13.1. The number of nitrogens with two attached hydrogens (primary N) is 1. The third-order valence-corrected chi connectivity index (χ3v) is 5.74. The van der Waals surface area contributed by atoms with Crippen LogP contribution in [-0.2, 0) is 23.0 Å². The number of aromatic nitrogens is 2. The molecule has 140 valence electrons. The highest BCUT2D eigenvalue weighted by Crippen LogP contribution is 2.23. The third-order valence-electron chi connectivity index (χ3n) is 3.93. The van der Waals surface area contributed by atoms with Crippen LogP contribution in [0.25, 0.3) is 11.1 Å². The number of aryl methyl sites for hydroxylation is 1. The van der Waals surface area contributed by atoms with Crippen LogP contribution < -0.4 is 5.73 Å². The average Bonchev–Trinajstić information content (AvgIpc) is 3.04. The number of nitrogens with zero attached hydrogens (tertiary/aromatic N) is 3. The first-order chi connectivity index (χ1) is 12.1. The Morgan fingerprint density at radius 1 is 1.23 bits per heavy atom. The van der Waals surface area contributed by atoms with E-state index in [-0.39, 0.29) is 36.9 Å². The molecule has 1 aromatic carbocycles. The Hall–Kier alpha value is -2.00. The molecule has 0 aliphatic rings. The normalized spacial score (nSPS) is 11.7. The van der Waals surface area contributed by atoms with Gasteiger partial charge in [-0.25, -0.2) is 13.4 Å². The van der Waals surface area contributed by atoms with Gasteiger partial charge < -0.3 is 10.3 Å². The molecule has 7 nitrogen and oxygen atoms in total. The largest absolute Gasteiger partial charge is 0.336 e. The molecule has 0 aliphatic heterocycles. The monoisotopic (exact) mass is 396 g/mol. The minimum Gasteiger partial charge on any atom is -0.336 e. The van der Waals surface area contributed by atoms with Crippen molar-refractivity contribution in [2.75, 3.05) is 13.1 Å². The van der Waals surface area contributed by atoms with Gasteiger partial charge in [-0.3, -0.25) is 0 Å². The lowest BCUT2D eigenvalue weighted by Gasteiger charge is -2.21. The van der Waals surface area contributed by atoms with E-state index in [1.807, 2.05) is 37.3 Å². The number of rotatable bonds is 7. The molecular formula is C17H21ClN4O3S. The van der Waals surface area contributed by atoms with Gasteiger partial charge in [0.25, 0.3) is 5.71 Å². The zero-order chi connectivity index (χ0) is 17.9. The number of hydrogen-bond acceptors (Lipinski definition) is 6. The molecule has 2 aromatic heterocycles. The fraction of sp³-hybridized carbons (Fsp3) is 0.294. The summed E-state index contributed by atoms with van der Waals surface area (Å²) in [6, 6.07) is 11.0. The first-order valence-corrected chi connectivity index (χ1v) is 9.48. The van der Waals surface area contributed by atoms with Crippen molar-refractivity contribution < 1.29 is 12.9 Å². The van der Waals surface area contributed by atoms with Gasteiger partial charge in [0.15, 0.2) is 0 Å². The maximum absolute atomic E-state index is 13.1. The zero-order valence-electron chi connectivity index (χ0n) is 14.3. The molecule has 2 heterocycles. The molecule has 0 saturated carbocycles. The summed E-state index contributed by atoms with van der Waals surface area (Å²) in [4.78, 5) is 4.21. The fourth-order valence-electron chi connectivity index (χ4n) is 2.62. The van der Waals surface area contributed by atoms with Crippen LogP contribution in [0.15, 0.2) is 52.0 Å². The van der Waals surface area contributed by atoms with E-state index >= 15 is 0 Å². The van der Waals surface area contributed by atoms with Crippen molar-refractivity contribution in [3.05, 3.63) is 53.9 Å². The van der Waals surface area contributed by atoms with Gasteiger partial charge in [0.1, 0.15) is 4.90 Å². The molecule has 0 unspecified atom stereocenters. The van der Waals surface area contributed by atoms with Gasteiger partial charge in [0, 0.05) is 19.6 Å². The summed E-state index contributed by atoms with van der Waals surface area (Å²) in [6.45, 7) is 2.63. The molecule has 0 bridgehead atoms. The van der Waals surface area contributed by atoms with E-state index in [0.29, 0.717) is 23.2 Å². The lowest BCUT2D eigenvalue weighted by molar-refractivity contribution is 0.413. The van der Waals surface area contributed by atoms with Crippen LogP contribution in [0.3, 0.4) is 0 Å². The van der Waals surface area contributed by atoms with Crippen LogP contribution in [0, 0.1) is 0 Å². The van der Waals surface area contributed by atoms with Gasteiger partial charge >= 0.3 is 0 Å². The average molecular weight is 397 g/mol. The maximum Gasteiger partial charge on any atom is 0.258 e. The lowest BCUT2D eigenvalue weighted by atomic mass is 10.2. The van der Waals surface area contributed by atoms with E-state index in [1.165, 1.54) is 10.5 Å². The van der Waals surface area contributed by atoms with Crippen LogP contribution in [0.5, 0.6) is 0 Å². The Balaban J connectivity index is 0.00000243. The highest BCUT2D eigenvalue weighted by Gasteiger charge is 2.25. The highest BCUT2D eigenvalue weighted by atomic mass is 35.5. The van der Waals surface area contributed by atoms with Gasteiger partial charge in [-0.2, -0.15) is 4.31 Å². The predicted octanol–water partition coefficient (Wildman–Crippen LogP) is 2.36. The Bertz CT molecular complexity index is 961. The standard InChI is InChI=1S/C17H20N4O3S.ClH/c1-2-16-15-10-14(11-19-17(15)24-20-16)25(22,23)21(9-8-18)12-13-6-4-3-5-7-13;/h3-7,10-11H,2,8-9,12,18H2,1H3;1H. The molecule has 26 heavy (non-hydrogen) atoms. The minimum absolute atomic E-state index is 0. The molecule has 0 spiro atoms. The van der Waals surface area contributed by atoms with E-state index in [4.69, 9.17) is 10.3 Å². The fourth-order valence-corrected chi connectivity index (χ4v) is 4.04. The summed E-state index contributed by atoms with van der Waals surface area (Å²) in [7, 11) is -3.73. The Morgan fingerprint density at radius 2 is 1.96 bits per heavy atom. The van der Waals surface area contributed by atoms with Crippen LogP contribution in [0.1, 0.15) is 18.2 Å². The smallest absolute Gasteiger partial charge is 0.258 e.